The standard InChI is InChI=1S/C13H17BrO2/c1-3-6-13(2)8-11(15)10-7-9(14)4-5-12(10)16-13/h4-5,7,11,15H,3,6,8H2,1-2H3. The van der Waals surface area contributed by atoms with Crippen LogP contribution in [0.3, 0.4) is 0 Å². The Labute approximate surface area is 105 Å². The molecule has 2 unspecified atom stereocenters. The summed E-state index contributed by atoms with van der Waals surface area (Å²) in [6.07, 6.45) is 2.29. The van der Waals surface area contributed by atoms with E-state index in [9.17, 15) is 5.11 Å². The van der Waals surface area contributed by atoms with E-state index >= 15 is 0 Å². The normalized spacial score (nSPS) is 28.4. The Kier molecular flexibility index (Phi) is 3.27. The minimum Gasteiger partial charge on any atom is -0.487 e. The van der Waals surface area contributed by atoms with Crippen LogP contribution in [-0.4, -0.2) is 10.7 Å². The van der Waals surface area contributed by atoms with Crippen LogP contribution in [0.25, 0.3) is 0 Å². The van der Waals surface area contributed by atoms with E-state index in [0.29, 0.717) is 6.42 Å². The average Bonchev–Trinajstić information content (AvgIpc) is 2.19. The first-order chi connectivity index (χ1) is 7.54. The van der Waals surface area contributed by atoms with Crippen molar-refractivity contribution < 1.29 is 9.84 Å². The van der Waals surface area contributed by atoms with E-state index in [2.05, 4.69) is 29.8 Å². The van der Waals surface area contributed by atoms with Crippen LogP contribution in [-0.2, 0) is 0 Å². The Balaban J connectivity index is 2.33. The van der Waals surface area contributed by atoms with Crippen LogP contribution in [0.1, 0.15) is 44.8 Å². The molecule has 1 aliphatic heterocycles. The fourth-order valence-electron chi connectivity index (χ4n) is 2.38. The minimum absolute atomic E-state index is 0.227. The molecule has 16 heavy (non-hydrogen) atoms. The summed E-state index contributed by atoms with van der Waals surface area (Å²) in [5.41, 5.74) is 0.664. The average molecular weight is 285 g/mol. The zero-order chi connectivity index (χ0) is 11.8. The monoisotopic (exact) mass is 284 g/mol. The summed E-state index contributed by atoms with van der Waals surface area (Å²) in [6, 6.07) is 5.81. The Morgan fingerprint density at radius 2 is 2.31 bits per heavy atom. The van der Waals surface area contributed by atoms with Crippen LogP contribution in [0, 0.1) is 0 Å². The molecule has 0 bridgehead atoms. The van der Waals surface area contributed by atoms with Gasteiger partial charge in [0.15, 0.2) is 0 Å². The summed E-state index contributed by atoms with van der Waals surface area (Å²) in [5.74, 6) is 0.818. The number of hydrogen-bond donors (Lipinski definition) is 1. The highest BCUT2D eigenvalue weighted by atomic mass is 79.9. The van der Waals surface area contributed by atoms with Crippen molar-refractivity contribution in [3.8, 4) is 5.75 Å². The van der Waals surface area contributed by atoms with Gasteiger partial charge in [0.2, 0.25) is 0 Å². The van der Waals surface area contributed by atoms with Gasteiger partial charge in [-0.2, -0.15) is 0 Å². The van der Waals surface area contributed by atoms with Gasteiger partial charge in [0.25, 0.3) is 0 Å². The zero-order valence-corrected chi connectivity index (χ0v) is 11.3. The van der Waals surface area contributed by atoms with Crippen molar-refractivity contribution in [1.82, 2.24) is 0 Å². The van der Waals surface area contributed by atoms with Gasteiger partial charge in [-0.25, -0.2) is 0 Å². The molecule has 2 atom stereocenters. The second-order valence-electron chi connectivity index (χ2n) is 4.70. The molecule has 1 aliphatic rings. The molecule has 2 nitrogen and oxygen atoms in total. The first-order valence-electron chi connectivity index (χ1n) is 5.70. The Bertz CT molecular complexity index is 392. The molecule has 0 aliphatic carbocycles. The molecule has 0 fully saturated rings. The SMILES string of the molecule is CCCC1(C)CC(O)c2cc(Br)ccc2O1. The van der Waals surface area contributed by atoms with E-state index in [1.165, 1.54) is 0 Å². The van der Waals surface area contributed by atoms with E-state index in [1.807, 2.05) is 18.2 Å². The number of benzene rings is 1. The maximum Gasteiger partial charge on any atom is 0.126 e. The zero-order valence-electron chi connectivity index (χ0n) is 9.66. The van der Waals surface area contributed by atoms with Gasteiger partial charge in [-0.05, 0) is 31.5 Å². The van der Waals surface area contributed by atoms with Gasteiger partial charge in [0.1, 0.15) is 11.4 Å². The van der Waals surface area contributed by atoms with Gasteiger partial charge in [0, 0.05) is 16.5 Å². The topological polar surface area (TPSA) is 29.5 Å². The Hall–Kier alpha value is -0.540. The maximum atomic E-state index is 10.1. The van der Waals surface area contributed by atoms with Crippen molar-refractivity contribution >= 4 is 15.9 Å². The van der Waals surface area contributed by atoms with Gasteiger partial charge >= 0.3 is 0 Å². The van der Waals surface area contributed by atoms with Crippen molar-refractivity contribution in [3.05, 3.63) is 28.2 Å². The van der Waals surface area contributed by atoms with Crippen molar-refractivity contribution in [2.24, 2.45) is 0 Å². The molecular formula is C13H17BrO2. The molecule has 1 N–H and O–H groups in total. The molecule has 88 valence electrons. The number of halogens is 1. The van der Waals surface area contributed by atoms with E-state index in [1.54, 1.807) is 0 Å². The lowest BCUT2D eigenvalue weighted by Crippen LogP contribution is -2.37. The molecule has 1 aromatic rings. The minimum atomic E-state index is -0.419. The summed E-state index contributed by atoms with van der Waals surface area (Å²) in [7, 11) is 0. The molecule has 0 radical (unpaired) electrons. The maximum absolute atomic E-state index is 10.1. The number of ether oxygens (including phenoxy) is 1. The van der Waals surface area contributed by atoms with E-state index in [0.717, 1.165) is 28.6 Å². The highest BCUT2D eigenvalue weighted by Crippen LogP contribution is 2.42. The highest BCUT2D eigenvalue weighted by molar-refractivity contribution is 9.10. The second-order valence-corrected chi connectivity index (χ2v) is 5.62. The van der Waals surface area contributed by atoms with Crippen LogP contribution in [0.4, 0.5) is 0 Å². The molecule has 3 heteroatoms. The third kappa shape index (κ3) is 2.25. The van der Waals surface area contributed by atoms with Gasteiger partial charge in [-0.15, -0.1) is 0 Å². The first kappa shape index (κ1) is 11.9. The number of aliphatic hydroxyl groups is 1. The molecule has 0 aromatic heterocycles. The lowest BCUT2D eigenvalue weighted by atomic mass is 9.87. The summed E-state index contributed by atoms with van der Waals surface area (Å²) in [4.78, 5) is 0. The summed E-state index contributed by atoms with van der Waals surface area (Å²) in [5, 5.41) is 10.1. The lowest BCUT2D eigenvalue weighted by Gasteiger charge is -2.38. The Morgan fingerprint density at radius 3 is 3.00 bits per heavy atom. The lowest BCUT2D eigenvalue weighted by molar-refractivity contribution is -0.00737. The van der Waals surface area contributed by atoms with Crippen molar-refractivity contribution in [1.29, 1.82) is 0 Å². The second kappa shape index (κ2) is 4.38. The number of rotatable bonds is 2. The predicted octanol–water partition coefficient (Wildman–Crippen LogP) is 3.82. The van der Waals surface area contributed by atoms with Gasteiger partial charge in [0.05, 0.1) is 6.10 Å². The number of hydrogen-bond acceptors (Lipinski definition) is 2. The molecule has 0 saturated carbocycles. The van der Waals surface area contributed by atoms with E-state index in [4.69, 9.17) is 4.74 Å². The highest BCUT2D eigenvalue weighted by Gasteiger charge is 2.35. The summed E-state index contributed by atoms with van der Waals surface area (Å²) in [6.45, 7) is 4.21. The predicted molar refractivity (Wildman–Crippen MR) is 67.7 cm³/mol. The molecule has 1 heterocycles. The molecule has 0 amide bonds. The van der Waals surface area contributed by atoms with E-state index < -0.39 is 6.10 Å². The van der Waals surface area contributed by atoms with E-state index in [-0.39, 0.29) is 5.60 Å². The quantitative estimate of drug-likeness (QED) is 0.895. The summed E-state index contributed by atoms with van der Waals surface area (Å²) < 4.78 is 6.98. The third-order valence-corrected chi connectivity index (χ3v) is 3.58. The fraction of sp³-hybridized carbons (Fsp3) is 0.538. The van der Waals surface area contributed by atoms with Gasteiger partial charge in [-0.3, -0.25) is 0 Å². The van der Waals surface area contributed by atoms with Crippen LogP contribution >= 0.6 is 15.9 Å². The van der Waals surface area contributed by atoms with Crippen LogP contribution < -0.4 is 4.74 Å². The van der Waals surface area contributed by atoms with Crippen LogP contribution in [0.2, 0.25) is 0 Å². The van der Waals surface area contributed by atoms with Crippen molar-refractivity contribution in [2.75, 3.05) is 0 Å². The number of aliphatic hydroxyl groups excluding tert-OH is 1. The molecular weight excluding hydrogens is 268 g/mol. The third-order valence-electron chi connectivity index (χ3n) is 3.09. The fourth-order valence-corrected chi connectivity index (χ4v) is 2.76. The first-order valence-corrected chi connectivity index (χ1v) is 6.50. The largest absolute Gasteiger partial charge is 0.487 e. The van der Waals surface area contributed by atoms with Gasteiger partial charge in [-0.1, -0.05) is 29.3 Å². The molecule has 2 rings (SSSR count). The molecule has 0 spiro atoms. The van der Waals surface area contributed by atoms with Crippen LogP contribution in [0.15, 0.2) is 22.7 Å². The van der Waals surface area contributed by atoms with Crippen molar-refractivity contribution in [2.45, 2.75) is 44.8 Å². The molecule has 0 saturated heterocycles. The summed E-state index contributed by atoms with van der Waals surface area (Å²) >= 11 is 3.41. The van der Waals surface area contributed by atoms with Gasteiger partial charge < -0.3 is 9.84 Å². The van der Waals surface area contributed by atoms with Crippen LogP contribution in [0.5, 0.6) is 5.75 Å². The smallest absolute Gasteiger partial charge is 0.126 e. The van der Waals surface area contributed by atoms with Crippen molar-refractivity contribution in [3.63, 3.8) is 0 Å². The number of fused-ring (bicyclic) bond motifs is 1. The molecule has 1 aromatic carbocycles. The Morgan fingerprint density at radius 1 is 1.56 bits per heavy atom.